The van der Waals surface area contributed by atoms with Gasteiger partial charge in [-0.25, -0.2) is 0 Å². The van der Waals surface area contributed by atoms with Gasteiger partial charge in [-0.15, -0.1) is 0 Å². The first-order chi connectivity index (χ1) is 6.29. The highest BCUT2D eigenvalue weighted by molar-refractivity contribution is 4.65. The Morgan fingerprint density at radius 2 is 1.31 bits per heavy atom. The summed E-state index contributed by atoms with van der Waals surface area (Å²) >= 11 is 0. The van der Waals surface area contributed by atoms with Gasteiger partial charge in [0.25, 0.3) is 0 Å². The van der Waals surface area contributed by atoms with Gasteiger partial charge in [0.1, 0.15) is 0 Å². The summed E-state index contributed by atoms with van der Waals surface area (Å²) in [4.78, 5) is 2.35. The molecule has 13 heavy (non-hydrogen) atoms. The molecule has 78 valence electrons. The Morgan fingerprint density at radius 1 is 0.846 bits per heavy atom. The minimum atomic E-state index is 0.980. The summed E-state index contributed by atoms with van der Waals surface area (Å²) < 4.78 is 0. The molecule has 0 atom stereocenters. The molecule has 1 aliphatic rings. The van der Waals surface area contributed by atoms with E-state index in [1.807, 2.05) is 0 Å². The molecule has 0 spiro atoms. The maximum Gasteiger partial charge on any atom is 0.000356 e. The van der Waals surface area contributed by atoms with Gasteiger partial charge in [-0.05, 0) is 32.9 Å². The fourth-order valence-corrected chi connectivity index (χ4v) is 2.42. The molecule has 1 fully saturated rings. The Kier molecular flexibility index (Phi) is 5.45. The molecule has 1 nitrogen and oxygen atoms in total. The molecule has 1 saturated carbocycles. The summed E-state index contributed by atoms with van der Waals surface area (Å²) in [6, 6.07) is 0. The van der Waals surface area contributed by atoms with Gasteiger partial charge in [-0.2, -0.15) is 0 Å². The van der Waals surface area contributed by atoms with Crippen LogP contribution in [0.15, 0.2) is 0 Å². The van der Waals surface area contributed by atoms with Gasteiger partial charge in [-0.1, -0.05) is 38.5 Å². The first-order valence-corrected chi connectivity index (χ1v) is 5.94. The van der Waals surface area contributed by atoms with Crippen LogP contribution in [-0.2, 0) is 0 Å². The molecule has 1 aliphatic carbocycles. The largest absolute Gasteiger partial charge is 0.309 e. The van der Waals surface area contributed by atoms with Gasteiger partial charge in [0, 0.05) is 6.54 Å². The van der Waals surface area contributed by atoms with E-state index in [0.717, 1.165) is 5.92 Å². The number of hydrogen-bond acceptors (Lipinski definition) is 1. The molecule has 0 aromatic carbocycles. The lowest BCUT2D eigenvalue weighted by molar-refractivity contribution is 0.292. The van der Waals surface area contributed by atoms with Crippen molar-refractivity contribution < 1.29 is 0 Å². The summed E-state index contributed by atoms with van der Waals surface area (Å²) in [5.74, 6) is 0.980. The average molecular weight is 183 g/mol. The van der Waals surface area contributed by atoms with Crippen LogP contribution in [0.2, 0.25) is 0 Å². The fourth-order valence-electron chi connectivity index (χ4n) is 2.42. The number of nitrogens with zero attached hydrogens (tertiary/aromatic N) is 1. The van der Waals surface area contributed by atoms with Crippen LogP contribution < -0.4 is 0 Å². The first-order valence-electron chi connectivity index (χ1n) is 5.94. The summed E-state index contributed by atoms with van der Waals surface area (Å²) in [5, 5.41) is 0. The topological polar surface area (TPSA) is 3.24 Å². The molecule has 0 aromatic heterocycles. The third-order valence-electron chi connectivity index (χ3n) is 3.10. The third-order valence-corrected chi connectivity index (χ3v) is 3.10. The second kappa shape index (κ2) is 6.42. The van der Waals surface area contributed by atoms with Crippen LogP contribution in [0.1, 0.15) is 51.4 Å². The van der Waals surface area contributed by atoms with Crippen molar-refractivity contribution in [2.75, 3.05) is 20.6 Å². The summed E-state index contributed by atoms with van der Waals surface area (Å²) in [6.45, 7) is 1.31. The Labute approximate surface area is 83.5 Å². The van der Waals surface area contributed by atoms with Crippen LogP contribution >= 0.6 is 0 Å². The van der Waals surface area contributed by atoms with Crippen molar-refractivity contribution in [3.8, 4) is 0 Å². The van der Waals surface area contributed by atoms with E-state index in [1.54, 1.807) is 0 Å². The molecule has 0 heterocycles. The SMILES string of the molecule is CN(C)CC1CCCCCCCC1. The van der Waals surface area contributed by atoms with E-state index in [4.69, 9.17) is 0 Å². The van der Waals surface area contributed by atoms with Gasteiger partial charge in [-0.3, -0.25) is 0 Å². The Bertz CT molecular complexity index is 110. The zero-order valence-electron chi connectivity index (χ0n) is 9.39. The lowest BCUT2D eigenvalue weighted by Gasteiger charge is -2.20. The molecule has 1 heteroatoms. The molecule has 0 bridgehead atoms. The average Bonchev–Trinajstić information content (AvgIpc) is 2.17. The molecule has 0 unspecified atom stereocenters. The van der Waals surface area contributed by atoms with Crippen molar-refractivity contribution in [3.63, 3.8) is 0 Å². The molecule has 0 saturated heterocycles. The number of hydrogen-bond donors (Lipinski definition) is 0. The molecular weight excluding hydrogens is 158 g/mol. The van der Waals surface area contributed by atoms with Crippen molar-refractivity contribution in [2.24, 2.45) is 5.92 Å². The number of rotatable bonds is 2. The lowest BCUT2D eigenvalue weighted by atomic mass is 9.97. The molecule has 0 radical (unpaired) electrons. The van der Waals surface area contributed by atoms with Crippen LogP contribution in [0.3, 0.4) is 0 Å². The quantitative estimate of drug-likeness (QED) is 0.635. The van der Waals surface area contributed by atoms with E-state index in [9.17, 15) is 0 Å². The first kappa shape index (κ1) is 11.0. The minimum absolute atomic E-state index is 0.980. The van der Waals surface area contributed by atoms with Crippen LogP contribution in [0, 0.1) is 5.92 Å². The lowest BCUT2D eigenvalue weighted by Crippen LogP contribution is -2.21. The summed E-state index contributed by atoms with van der Waals surface area (Å²) in [7, 11) is 4.40. The smallest absolute Gasteiger partial charge is 0.000356 e. The highest BCUT2D eigenvalue weighted by Crippen LogP contribution is 2.21. The van der Waals surface area contributed by atoms with Gasteiger partial charge in [0.05, 0.1) is 0 Å². The van der Waals surface area contributed by atoms with E-state index in [-0.39, 0.29) is 0 Å². The predicted molar refractivity (Wildman–Crippen MR) is 59.0 cm³/mol. The molecule has 1 rings (SSSR count). The second-order valence-electron chi connectivity index (χ2n) is 4.83. The zero-order valence-corrected chi connectivity index (χ0v) is 9.39. The van der Waals surface area contributed by atoms with E-state index in [2.05, 4.69) is 19.0 Å². The maximum atomic E-state index is 2.35. The summed E-state index contributed by atoms with van der Waals surface area (Å²) in [5.41, 5.74) is 0. The van der Waals surface area contributed by atoms with Crippen molar-refractivity contribution in [1.29, 1.82) is 0 Å². The van der Waals surface area contributed by atoms with Crippen molar-refractivity contribution >= 4 is 0 Å². The predicted octanol–water partition coefficient (Wildman–Crippen LogP) is 3.30. The monoisotopic (exact) mass is 183 g/mol. The molecule has 0 amide bonds. The second-order valence-corrected chi connectivity index (χ2v) is 4.83. The van der Waals surface area contributed by atoms with E-state index < -0.39 is 0 Å². The van der Waals surface area contributed by atoms with E-state index in [1.165, 1.54) is 57.9 Å². The highest BCUT2D eigenvalue weighted by Gasteiger charge is 2.10. The highest BCUT2D eigenvalue weighted by atomic mass is 15.1. The van der Waals surface area contributed by atoms with Gasteiger partial charge in [0.15, 0.2) is 0 Å². The standard InChI is InChI=1S/C12H25N/c1-13(2)11-12-9-7-5-3-4-6-8-10-12/h12H,3-11H2,1-2H3. The van der Waals surface area contributed by atoms with Crippen molar-refractivity contribution in [3.05, 3.63) is 0 Å². The molecular formula is C12H25N. The third kappa shape index (κ3) is 5.30. The van der Waals surface area contributed by atoms with E-state index >= 15 is 0 Å². The van der Waals surface area contributed by atoms with E-state index in [0.29, 0.717) is 0 Å². The van der Waals surface area contributed by atoms with Crippen LogP contribution in [0.4, 0.5) is 0 Å². The minimum Gasteiger partial charge on any atom is -0.309 e. The Hall–Kier alpha value is -0.0400. The van der Waals surface area contributed by atoms with Crippen LogP contribution in [0.5, 0.6) is 0 Å². The molecule has 0 N–H and O–H groups in total. The zero-order chi connectivity index (χ0) is 9.52. The molecule has 0 aromatic rings. The Morgan fingerprint density at radius 3 is 1.77 bits per heavy atom. The van der Waals surface area contributed by atoms with Gasteiger partial charge >= 0.3 is 0 Å². The van der Waals surface area contributed by atoms with Crippen LogP contribution in [0.25, 0.3) is 0 Å². The van der Waals surface area contributed by atoms with Gasteiger partial charge in [0.2, 0.25) is 0 Å². The Balaban J connectivity index is 2.24. The maximum absolute atomic E-state index is 2.35. The normalized spacial score (nSPS) is 22.4. The molecule has 0 aliphatic heterocycles. The van der Waals surface area contributed by atoms with Gasteiger partial charge < -0.3 is 4.90 Å². The fraction of sp³-hybridized carbons (Fsp3) is 1.00. The summed E-state index contributed by atoms with van der Waals surface area (Å²) in [6.07, 6.45) is 11.8. The van der Waals surface area contributed by atoms with Crippen LogP contribution in [-0.4, -0.2) is 25.5 Å². The van der Waals surface area contributed by atoms with Crippen molar-refractivity contribution in [2.45, 2.75) is 51.4 Å². The van der Waals surface area contributed by atoms with Crippen molar-refractivity contribution in [1.82, 2.24) is 4.90 Å².